The number of nitrogens with zero attached hydrogens (tertiary/aromatic N) is 3. The van der Waals surface area contributed by atoms with Crippen molar-refractivity contribution in [3.8, 4) is 5.75 Å². The third kappa shape index (κ3) is 5.28. The van der Waals surface area contributed by atoms with Gasteiger partial charge in [0.25, 0.3) is 0 Å². The Morgan fingerprint density at radius 3 is 2.81 bits per heavy atom. The number of benzene rings is 1. The minimum absolute atomic E-state index is 0.563. The van der Waals surface area contributed by atoms with Crippen molar-refractivity contribution >= 4 is 5.97 Å². The summed E-state index contributed by atoms with van der Waals surface area (Å²) in [6, 6.07) is 12.7. The van der Waals surface area contributed by atoms with Gasteiger partial charge in [0.05, 0.1) is 12.3 Å². The maximum absolute atomic E-state index is 12.0. The van der Waals surface area contributed by atoms with Gasteiger partial charge in [-0.2, -0.15) is 0 Å². The molecule has 6 nitrogen and oxygen atoms in total. The fourth-order valence-corrected chi connectivity index (χ4v) is 3.58. The van der Waals surface area contributed by atoms with Crippen LogP contribution in [0.1, 0.15) is 30.6 Å². The van der Waals surface area contributed by atoms with Crippen molar-refractivity contribution in [3.05, 3.63) is 59.9 Å². The second-order valence-electron chi connectivity index (χ2n) is 6.73. The number of hydrogen-bond acceptors (Lipinski definition) is 5. The maximum atomic E-state index is 12.0. The normalized spacial score (nSPS) is 17.2. The van der Waals surface area contributed by atoms with Crippen LogP contribution in [0.3, 0.4) is 0 Å². The minimum Gasteiger partial charge on any atom is -0.494 e. The number of aromatic nitrogens is 1. The van der Waals surface area contributed by atoms with Gasteiger partial charge >= 0.3 is 5.97 Å². The number of ether oxygens (including phenoxy) is 1. The molecule has 3 rings (SSSR count). The van der Waals surface area contributed by atoms with Gasteiger partial charge in [0.1, 0.15) is 11.8 Å². The van der Waals surface area contributed by atoms with Gasteiger partial charge in [0.15, 0.2) is 0 Å². The summed E-state index contributed by atoms with van der Waals surface area (Å²) >= 11 is 0. The first kappa shape index (κ1) is 19.3. The fraction of sp³-hybridized carbons (Fsp3) is 0.429. The van der Waals surface area contributed by atoms with Gasteiger partial charge in [-0.3, -0.25) is 19.6 Å². The average molecular weight is 369 g/mol. The van der Waals surface area contributed by atoms with E-state index in [0.717, 1.165) is 43.9 Å². The Kier molecular flexibility index (Phi) is 6.79. The fourth-order valence-electron chi connectivity index (χ4n) is 3.58. The van der Waals surface area contributed by atoms with Crippen LogP contribution in [0.2, 0.25) is 0 Å². The van der Waals surface area contributed by atoms with Crippen molar-refractivity contribution in [3.63, 3.8) is 0 Å². The molecule has 2 heterocycles. The molecule has 1 aromatic carbocycles. The van der Waals surface area contributed by atoms with Gasteiger partial charge in [-0.15, -0.1) is 0 Å². The first-order chi connectivity index (χ1) is 13.2. The Morgan fingerprint density at radius 1 is 1.19 bits per heavy atom. The predicted molar refractivity (Wildman–Crippen MR) is 104 cm³/mol. The predicted octanol–water partition coefficient (Wildman–Crippen LogP) is 2.81. The highest BCUT2D eigenvalue weighted by molar-refractivity contribution is 5.75. The van der Waals surface area contributed by atoms with Gasteiger partial charge in [0.2, 0.25) is 0 Å². The molecular formula is C21H27N3O3. The van der Waals surface area contributed by atoms with Crippen LogP contribution in [0, 0.1) is 0 Å². The number of rotatable bonds is 7. The number of hydrogen-bond donors (Lipinski definition) is 1. The van der Waals surface area contributed by atoms with Gasteiger partial charge in [-0.25, -0.2) is 0 Å². The molecule has 1 aromatic heterocycles. The summed E-state index contributed by atoms with van der Waals surface area (Å²) in [4.78, 5) is 20.9. The van der Waals surface area contributed by atoms with Crippen LogP contribution < -0.4 is 4.74 Å². The van der Waals surface area contributed by atoms with E-state index in [9.17, 15) is 9.90 Å². The Morgan fingerprint density at radius 2 is 2.07 bits per heavy atom. The molecule has 1 N–H and O–H groups in total. The summed E-state index contributed by atoms with van der Waals surface area (Å²) in [5.41, 5.74) is 1.82. The SMILES string of the molecule is CCOc1cccc([C@@H](C(=O)O)N2CCCN(Cc3ccccn3)CC2)c1. The van der Waals surface area contributed by atoms with E-state index in [1.54, 1.807) is 0 Å². The molecule has 27 heavy (non-hydrogen) atoms. The smallest absolute Gasteiger partial charge is 0.325 e. The summed E-state index contributed by atoms with van der Waals surface area (Å²) in [6.07, 6.45) is 2.74. The highest BCUT2D eigenvalue weighted by atomic mass is 16.5. The number of carbonyl (C=O) groups is 1. The number of aliphatic carboxylic acids is 1. The van der Waals surface area contributed by atoms with E-state index < -0.39 is 12.0 Å². The van der Waals surface area contributed by atoms with E-state index in [1.165, 1.54) is 0 Å². The molecule has 0 amide bonds. The average Bonchev–Trinajstić information content (AvgIpc) is 2.89. The Hall–Kier alpha value is -2.44. The lowest BCUT2D eigenvalue weighted by Crippen LogP contribution is -2.37. The van der Waals surface area contributed by atoms with E-state index in [2.05, 4.69) is 14.8 Å². The zero-order chi connectivity index (χ0) is 19.1. The van der Waals surface area contributed by atoms with E-state index in [4.69, 9.17) is 4.74 Å². The lowest BCUT2D eigenvalue weighted by molar-refractivity contribution is -0.143. The topological polar surface area (TPSA) is 65.9 Å². The number of carboxylic acid groups (broad SMARTS) is 1. The van der Waals surface area contributed by atoms with Crippen molar-refractivity contribution in [2.24, 2.45) is 0 Å². The molecule has 0 radical (unpaired) electrons. The molecule has 0 bridgehead atoms. The van der Waals surface area contributed by atoms with Crippen LogP contribution >= 0.6 is 0 Å². The van der Waals surface area contributed by atoms with Crippen LogP contribution in [0.15, 0.2) is 48.7 Å². The standard InChI is InChI=1S/C21H27N3O3/c1-2-27-19-9-5-7-17(15-19)20(21(25)26)24-12-6-11-23(13-14-24)16-18-8-3-4-10-22-18/h3-5,7-10,15,20H,2,6,11-14,16H2,1H3,(H,25,26)/t20-/m0/s1. The molecule has 1 atom stereocenters. The van der Waals surface area contributed by atoms with Crippen LogP contribution in [0.25, 0.3) is 0 Å². The van der Waals surface area contributed by atoms with Crippen molar-refractivity contribution in [1.29, 1.82) is 0 Å². The second-order valence-corrected chi connectivity index (χ2v) is 6.73. The van der Waals surface area contributed by atoms with Gasteiger partial charge < -0.3 is 9.84 Å². The van der Waals surface area contributed by atoms with E-state index in [0.29, 0.717) is 18.9 Å². The highest BCUT2D eigenvalue weighted by Crippen LogP contribution is 2.26. The van der Waals surface area contributed by atoms with Crippen molar-refractivity contribution < 1.29 is 14.6 Å². The summed E-state index contributed by atoms with van der Waals surface area (Å²) < 4.78 is 5.55. The van der Waals surface area contributed by atoms with Crippen molar-refractivity contribution in [2.75, 3.05) is 32.8 Å². The second kappa shape index (κ2) is 9.48. The quantitative estimate of drug-likeness (QED) is 0.810. The van der Waals surface area contributed by atoms with Gasteiger partial charge in [0, 0.05) is 32.4 Å². The molecule has 6 heteroatoms. The molecule has 0 spiro atoms. The Balaban J connectivity index is 1.69. The molecule has 144 valence electrons. The lowest BCUT2D eigenvalue weighted by atomic mass is 10.0. The number of carboxylic acids is 1. The molecule has 0 saturated carbocycles. The molecule has 1 aliphatic heterocycles. The molecule has 1 fully saturated rings. The molecule has 0 aliphatic carbocycles. The van der Waals surface area contributed by atoms with E-state index in [-0.39, 0.29) is 0 Å². The molecule has 1 saturated heterocycles. The van der Waals surface area contributed by atoms with Crippen LogP contribution in [-0.4, -0.2) is 58.6 Å². The lowest BCUT2D eigenvalue weighted by Gasteiger charge is -2.28. The van der Waals surface area contributed by atoms with Crippen molar-refractivity contribution in [2.45, 2.75) is 25.9 Å². The van der Waals surface area contributed by atoms with Crippen LogP contribution in [0.5, 0.6) is 5.75 Å². The third-order valence-corrected chi connectivity index (χ3v) is 4.82. The van der Waals surface area contributed by atoms with E-state index >= 15 is 0 Å². The summed E-state index contributed by atoms with van der Waals surface area (Å²) in [5, 5.41) is 9.89. The zero-order valence-corrected chi connectivity index (χ0v) is 15.8. The summed E-state index contributed by atoms with van der Waals surface area (Å²) in [6.45, 7) is 6.52. The monoisotopic (exact) mass is 369 g/mol. The molecular weight excluding hydrogens is 342 g/mol. The number of pyridine rings is 1. The van der Waals surface area contributed by atoms with E-state index in [1.807, 2.05) is 55.6 Å². The maximum Gasteiger partial charge on any atom is 0.325 e. The third-order valence-electron chi connectivity index (χ3n) is 4.82. The summed E-state index contributed by atoms with van der Waals surface area (Å²) in [7, 11) is 0. The van der Waals surface area contributed by atoms with Crippen LogP contribution in [0.4, 0.5) is 0 Å². The Bertz CT molecular complexity index is 738. The molecule has 0 unspecified atom stereocenters. The first-order valence-corrected chi connectivity index (χ1v) is 9.49. The molecule has 2 aromatic rings. The molecule has 1 aliphatic rings. The highest BCUT2D eigenvalue weighted by Gasteiger charge is 2.29. The minimum atomic E-state index is -0.818. The van der Waals surface area contributed by atoms with Gasteiger partial charge in [-0.05, 0) is 49.7 Å². The zero-order valence-electron chi connectivity index (χ0n) is 15.8. The largest absolute Gasteiger partial charge is 0.494 e. The van der Waals surface area contributed by atoms with Gasteiger partial charge in [-0.1, -0.05) is 18.2 Å². The van der Waals surface area contributed by atoms with Crippen LogP contribution in [-0.2, 0) is 11.3 Å². The summed E-state index contributed by atoms with van der Waals surface area (Å²) in [5.74, 6) is -0.102. The van der Waals surface area contributed by atoms with Crippen molar-refractivity contribution in [1.82, 2.24) is 14.8 Å². The first-order valence-electron chi connectivity index (χ1n) is 9.49. The Labute approximate surface area is 160 Å².